The summed E-state index contributed by atoms with van der Waals surface area (Å²) in [4.78, 5) is 24.6. The van der Waals surface area contributed by atoms with Crippen molar-refractivity contribution in [3.8, 4) is 0 Å². The van der Waals surface area contributed by atoms with Crippen LogP contribution in [0.4, 0.5) is 5.82 Å². The van der Waals surface area contributed by atoms with Crippen molar-refractivity contribution < 1.29 is 0 Å². The number of nitrogens with one attached hydrogen (secondary N) is 1. The zero-order valence-corrected chi connectivity index (χ0v) is 12.7. The van der Waals surface area contributed by atoms with E-state index in [1.54, 1.807) is 7.05 Å². The van der Waals surface area contributed by atoms with Gasteiger partial charge in [0.1, 0.15) is 15.8 Å². The maximum Gasteiger partial charge on any atom is 0.332 e. The molecule has 1 aromatic heterocycles. The van der Waals surface area contributed by atoms with Gasteiger partial charge in [-0.1, -0.05) is 41.6 Å². The predicted octanol–water partition coefficient (Wildman–Crippen LogP) is 1.27. The van der Waals surface area contributed by atoms with E-state index in [2.05, 4.69) is 10.5 Å². The minimum absolute atomic E-state index is 0.315. The van der Waals surface area contributed by atoms with Gasteiger partial charge in [0.15, 0.2) is 0 Å². The second-order valence-corrected chi connectivity index (χ2v) is 5.88. The minimum atomic E-state index is -0.374. The van der Waals surface area contributed by atoms with Gasteiger partial charge in [-0.3, -0.25) is 19.4 Å². The number of nitrogens with zero attached hydrogens (tertiary/aromatic N) is 3. The summed E-state index contributed by atoms with van der Waals surface area (Å²) < 4.78 is 2.49. The first-order valence-electron chi connectivity index (χ1n) is 6.37. The predicted molar refractivity (Wildman–Crippen MR) is 84.1 cm³/mol. The minimum Gasteiger partial charge on any atom is -0.280 e. The molecule has 108 valence electrons. The number of anilines is 1. The third-order valence-electron chi connectivity index (χ3n) is 3.38. The Morgan fingerprint density at radius 1 is 1.10 bits per heavy atom. The molecule has 2 aromatic rings. The third-order valence-corrected chi connectivity index (χ3v) is 4.48. The quantitative estimate of drug-likeness (QED) is 0.861. The van der Waals surface area contributed by atoms with Crippen LogP contribution < -0.4 is 16.7 Å². The van der Waals surface area contributed by atoms with Gasteiger partial charge in [0.05, 0.1) is 0 Å². The number of hydrogen-bond acceptors (Lipinski definition) is 5. The normalized spacial score (nSPS) is 13.4. The van der Waals surface area contributed by atoms with Gasteiger partial charge in [-0.15, -0.1) is 0 Å². The van der Waals surface area contributed by atoms with Crippen LogP contribution in [-0.2, 0) is 14.1 Å². The Morgan fingerprint density at radius 2 is 1.76 bits per heavy atom. The van der Waals surface area contributed by atoms with Crippen molar-refractivity contribution in [2.24, 2.45) is 19.2 Å². The van der Waals surface area contributed by atoms with Crippen LogP contribution in [0, 0.1) is 6.92 Å². The molecular formula is C14H14N4O2S. The van der Waals surface area contributed by atoms with E-state index in [0.717, 1.165) is 15.7 Å². The number of aryl methyl sites for hydroxylation is 1. The van der Waals surface area contributed by atoms with Crippen molar-refractivity contribution in [1.82, 2.24) is 9.13 Å². The molecule has 0 spiro atoms. The first kappa shape index (κ1) is 13.7. The average Bonchev–Trinajstić information content (AvgIpc) is 2.51. The second kappa shape index (κ2) is 4.92. The Balaban J connectivity index is 2.10. The second-order valence-electron chi connectivity index (χ2n) is 4.88. The molecule has 0 bridgehead atoms. The van der Waals surface area contributed by atoms with Gasteiger partial charge < -0.3 is 0 Å². The van der Waals surface area contributed by atoms with Crippen LogP contribution in [0.2, 0.25) is 0 Å². The maximum atomic E-state index is 12.3. The summed E-state index contributed by atoms with van der Waals surface area (Å²) in [6, 6.07) is 7.90. The highest BCUT2D eigenvalue weighted by atomic mass is 32.2. The zero-order valence-electron chi connectivity index (χ0n) is 11.9. The molecule has 2 heterocycles. The SMILES string of the molecule is Cc1ccc(C2=NNc3c(c(=O)n(C)c(=O)n3C)S2)cc1. The Bertz CT molecular complexity index is 862. The number of fused-ring (bicyclic) bond motifs is 1. The fraction of sp³-hybridized carbons (Fsp3) is 0.214. The molecular weight excluding hydrogens is 288 g/mol. The molecule has 0 unspecified atom stereocenters. The number of hydrazone groups is 1. The van der Waals surface area contributed by atoms with Gasteiger partial charge in [-0.05, 0) is 6.92 Å². The van der Waals surface area contributed by atoms with E-state index in [-0.39, 0.29) is 11.2 Å². The number of hydrogen-bond donors (Lipinski definition) is 1. The van der Waals surface area contributed by atoms with Crippen LogP contribution >= 0.6 is 11.8 Å². The molecule has 3 rings (SSSR count). The van der Waals surface area contributed by atoms with Gasteiger partial charge >= 0.3 is 5.69 Å². The molecule has 6 nitrogen and oxygen atoms in total. The smallest absolute Gasteiger partial charge is 0.280 e. The fourth-order valence-electron chi connectivity index (χ4n) is 2.07. The van der Waals surface area contributed by atoms with E-state index in [4.69, 9.17) is 0 Å². The summed E-state index contributed by atoms with van der Waals surface area (Å²) in [5.41, 5.74) is 4.22. The first-order valence-corrected chi connectivity index (χ1v) is 7.19. The number of rotatable bonds is 1. The standard InChI is InChI=1S/C14H14N4O2S/c1-8-4-6-9(7-5-8)12-16-15-11-10(21-12)13(19)18(3)14(20)17(11)2/h4-7,15H,1-3H3. The van der Waals surface area contributed by atoms with Crippen LogP contribution in [0.3, 0.4) is 0 Å². The zero-order chi connectivity index (χ0) is 15.1. The van der Waals surface area contributed by atoms with Gasteiger partial charge in [0.2, 0.25) is 0 Å². The van der Waals surface area contributed by atoms with Gasteiger partial charge in [0, 0.05) is 19.7 Å². The summed E-state index contributed by atoms with van der Waals surface area (Å²) in [7, 11) is 3.09. The highest BCUT2D eigenvalue weighted by molar-refractivity contribution is 8.14. The Labute approximate surface area is 125 Å². The third kappa shape index (κ3) is 2.19. The van der Waals surface area contributed by atoms with Crippen LogP contribution in [0.15, 0.2) is 43.9 Å². The summed E-state index contributed by atoms with van der Waals surface area (Å²) in [5.74, 6) is 0.434. The molecule has 1 aliphatic heterocycles. The van der Waals surface area contributed by atoms with E-state index in [0.29, 0.717) is 15.8 Å². The van der Waals surface area contributed by atoms with Crippen LogP contribution in [0.25, 0.3) is 0 Å². The summed E-state index contributed by atoms with van der Waals surface area (Å²) in [6.45, 7) is 2.01. The summed E-state index contributed by atoms with van der Waals surface area (Å²) in [6.07, 6.45) is 0. The summed E-state index contributed by atoms with van der Waals surface area (Å²) in [5, 5.41) is 4.97. The van der Waals surface area contributed by atoms with E-state index >= 15 is 0 Å². The first-order chi connectivity index (χ1) is 9.99. The Morgan fingerprint density at radius 3 is 2.43 bits per heavy atom. The maximum absolute atomic E-state index is 12.3. The van der Waals surface area contributed by atoms with E-state index in [9.17, 15) is 9.59 Å². The molecule has 0 radical (unpaired) electrons. The van der Waals surface area contributed by atoms with E-state index in [1.807, 2.05) is 31.2 Å². The molecule has 0 atom stereocenters. The Kier molecular flexibility index (Phi) is 3.21. The lowest BCUT2D eigenvalue weighted by atomic mass is 10.2. The Hall–Kier alpha value is -2.28. The van der Waals surface area contributed by atoms with Crippen molar-refractivity contribution in [3.05, 3.63) is 56.2 Å². The molecule has 7 heteroatoms. The lowest BCUT2D eigenvalue weighted by Crippen LogP contribution is -2.39. The lowest BCUT2D eigenvalue weighted by Gasteiger charge is -2.19. The number of thioether (sulfide) groups is 1. The molecule has 1 N–H and O–H groups in total. The molecule has 0 saturated carbocycles. The van der Waals surface area contributed by atoms with Gasteiger partial charge in [0.25, 0.3) is 5.56 Å². The number of benzene rings is 1. The van der Waals surface area contributed by atoms with Crippen molar-refractivity contribution in [2.45, 2.75) is 11.8 Å². The molecule has 0 aliphatic carbocycles. The van der Waals surface area contributed by atoms with Crippen molar-refractivity contribution in [3.63, 3.8) is 0 Å². The van der Waals surface area contributed by atoms with Gasteiger partial charge in [-0.2, -0.15) is 5.10 Å². The van der Waals surface area contributed by atoms with Crippen LogP contribution in [0.1, 0.15) is 11.1 Å². The van der Waals surface area contributed by atoms with E-state index < -0.39 is 0 Å². The largest absolute Gasteiger partial charge is 0.332 e. The van der Waals surface area contributed by atoms with E-state index in [1.165, 1.54) is 23.4 Å². The number of aromatic nitrogens is 2. The lowest BCUT2D eigenvalue weighted by molar-refractivity contribution is 0.667. The highest BCUT2D eigenvalue weighted by Crippen LogP contribution is 2.30. The molecule has 0 fully saturated rings. The van der Waals surface area contributed by atoms with Crippen molar-refractivity contribution >= 4 is 22.6 Å². The van der Waals surface area contributed by atoms with Crippen molar-refractivity contribution in [1.29, 1.82) is 0 Å². The average molecular weight is 302 g/mol. The molecule has 1 aliphatic rings. The topological polar surface area (TPSA) is 68.4 Å². The monoisotopic (exact) mass is 302 g/mol. The molecule has 21 heavy (non-hydrogen) atoms. The van der Waals surface area contributed by atoms with Crippen LogP contribution in [0.5, 0.6) is 0 Å². The highest BCUT2D eigenvalue weighted by Gasteiger charge is 2.22. The molecule has 0 amide bonds. The van der Waals surface area contributed by atoms with Gasteiger partial charge in [-0.25, -0.2) is 4.79 Å². The van der Waals surface area contributed by atoms with Crippen molar-refractivity contribution in [2.75, 3.05) is 5.43 Å². The fourth-order valence-corrected chi connectivity index (χ4v) is 3.12. The van der Waals surface area contributed by atoms with Crippen LogP contribution in [-0.4, -0.2) is 14.2 Å². The molecule has 1 aromatic carbocycles. The summed E-state index contributed by atoms with van der Waals surface area (Å²) >= 11 is 1.27. The molecule has 0 saturated heterocycles.